The average molecular weight is 141 g/mol. The predicted molar refractivity (Wildman–Crippen MR) is 48.4 cm³/mol. The van der Waals surface area contributed by atoms with Crippen molar-refractivity contribution in [3.05, 3.63) is 55.0 Å². The quantitative estimate of drug-likeness (QED) is 0.495. The third kappa shape index (κ3) is 1.07. The molecule has 2 aromatic rings. The van der Waals surface area contributed by atoms with E-state index in [1.165, 1.54) is 10.8 Å². The van der Waals surface area contributed by atoms with Crippen molar-refractivity contribution < 1.29 is 0 Å². The summed E-state index contributed by atoms with van der Waals surface area (Å²) in [6.45, 7) is 3.87. The molecule has 2 aromatic carbocycles. The summed E-state index contributed by atoms with van der Waals surface area (Å²) in [5, 5.41) is 2.54. The standard InChI is InChI=1S/C11H9/c1-9-6-7-10-4-2-3-5-11(10)8-9/h2-8H,1H2/q+1. The van der Waals surface area contributed by atoms with Gasteiger partial charge in [-0.2, -0.15) is 0 Å². The molecule has 0 aliphatic carbocycles. The predicted octanol–water partition coefficient (Wildman–Crippen LogP) is 3.02. The fraction of sp³-hybridized carbons (Fsp3) is 0. The Kier molecular flexibility index (Phi) is 1.32. The van der Waals surface area contributed by atoms with E-state index in [1.807, 2.05) is 18.2 Å². The molecule has 2 rings (SSSR count). The summed E-state index contributed by atoms with van der Waals surface area (Å²) in [4.78, 5) is 0. The van der Waals surface area contributed by atoms with Crippen molar-refractivity contribution in [2.24, 2.45) is 0 Å². The summed E-state index contributed by atoms with van der Waals surface area (Å²) in [5.74, 6) is 0. The van der Waals surface area contributed by atoms with Crippen molar-refractivity contribution in [2.75, 3.05) is 0 Å². The lowest BCUT2D eigenvalue weighted by Gasteiger charge is -1.90. The lowest BCUT2D eigenvalue weighted by Crippen LogP contribution is -1.73. The molecule has 0 aliphatic heterocycles. The highest BCUT2D eigenvalue weighted by Gasteiger charge is 1.96. The van der Waals surface area contributed by atoms with E-state index < -0.39 is 0 Å². The van der Waals surface area contributed by atoms with Crippen molar-refractivity contribution >= 4 is 10.8 Å². The van der Waals surface area contributed by atoms with Crippen LogP contribution < -0.4 is 0 Å². The SMILES string of the molecule is [CH2+]c1ccc2ccccc2c1. The molecule has 0 saturated heterocycles. The molecule has 0 bridgehead atoms. The molecular formula is C11H9+. The highest BCUT2D eigenvalue weighted by atomic mass is 13.9. The summed E-state index contributed by atoms with van der Waals surface area (Å²) in [6.07, 6.45) is 0. The molecule has 0 N–H and O–H groups in total. The largest absolute Gasteiger partial charge is 0.127 e. The summed E-state index contributed by atoms with van der Waals surface area (Å²) in [7, 11) is 0. The first-order valence-electron chi connectivity index (χ1n) is 3.67. The Balaban J connectivity index is 2.83. The fourth-order valence-electron chi connectivity index (χ4n) is 1.24. The third-order valence-electron chi connectivity index (χ3n) is 1.81. The molecule has 0 atom stereocenters. The topological polar surface area (TPSA) is 0 Å². The summed E-state index contributed by atoms with van der Waals surface area (Å²) in [5.41, 5.74) is 1.07. The second kappa shape index (κ2) is 2.31. The van der Waals surface area contributed by atoms with Crippen LogP contribution in [0, 0.1) is 6.92 Å². The molecule has 52 valence electrons. The van der Waals surface area contributed by atoms with Gasteiger partial charge in [-0.25, -0.2) is 0 Å². The minimum Gasteiger partial charge on any atom is -0.0615 e. The molecule has 0 aromatic heterocycles. The first kappa shape index (κ1) is 6.29. The van der Waals surface area contributed by atoms with E-state index >= 15 is 0 Å². The van der Waals surface area contributed by atoms with E-state index in [0.29, 0.717) is 0 Å². The minimum absolute atomic E-state index is 1.07. The normalized spacial score (nSPS) is 10.2. The van der Waals surface area contributed by atoms with Crippen LogP contribution in [0.25, 0.3) is 10.8 Å². The van der Waals surface area contributed by atoms with Crippen molar-refractivity contribution in [3.8, 4) is 0 Å². The van der Waals surface area contributed by atoms with Gasteiger partial charge in [0.2, 0.25) is 0 Å². The second-order valence-corrected chi connectivity index (χ2v) is 2.68. The van der Waals surface area contributed by atoms with Gasteiger partial charge in [0, 0.05) is 29.8 Å². The van der Waals surface area contributed by atoms with E-state index in [0.717, 1.165) is 5.56 Å². The van der Waals surface area contributed by atoms with Gasteiger partial charge in [0.05, 0.1) is 6.07 Å². The van der Waals surface area contributed by atoms with Crippen LogP contribution in [0.5, 0.6) is 0 Å². The van der Waals surface area contributed by atoms with E-state index in [9.17, 15) is 0 Å². The van der Waals surface area contributed by atoms with Crippen molar-refractivity contribution in [3.63, 3.8) is 0 Å². The molecule has 0 aliphatic rings. The fourth-order valence-corrected chi connectivity index (χ4v) is 1.24. The van der Waals surface area contributed by atoms with Gasteiger partial charge in [0.15, 0.2) is 0 Å². The van der Waals surface area contributed by atoms with Crippen LogP contribution in [0.4, 0.5) is 0 Å². The van der Waals surface area contributed by atoms with Crippen LogP contribution >= 0.6 is 0 Å². The van der Waals surface area contributed by atoms with Gasteiger partial charge in [-0.15, -0.1) is 0 Å². The maximum Gasteiger partial charge on any atom is 0.127 e. The smallest absolute Gasteiger partial charge is 0.0615 e. The van der Waals surface area contributed by atoms with E-state index in [1.54, 1.807) is 0 Å². The molecule has 0 heteroatoms. The lowest BCUT2D eigenvalue weighted by atomic mass is 10.1. The van der Waals surface area contributed by atoms with E-state index in [4.69, 9.17) is 0 Å². The summed E-state index contributed by atoms with van der Waals surface area (Å²) < 4.78 is 0. The molecule has 0 fully saturated rings. The van der Waals surface area contributed by atoms with Gasteiger partial charge in [-0.1, -0.05) is 18.2 Å². The molecular weight excluding hydrogens is 132 g/mol. The zero-order chi connectivity index (χ0) is 7.68. The number of benzene rings is 2. The molecule has 0 radical (unpaired) electrons. The Morgan fingerprint density at radius 2 is 1.55 bits per heavy atom. The van der Waals surface area contributed by atoms with E-state index in [2.05, 4.69) is 31.2 Å². The average Bonchev–Trinajstić information content (AvgIpc) is 2.04. The molecule has 0 amide bonds. The molecule has 11 heavy (non-hydrogen) atoms. The lowest BCUT2D eigenvalue weighted by molar-refractivity contribution is 1.66. The van der Waals surface area contributed by atoms with Crippen LogP contribution in [0.2, 0.25) is 0 Å². The zero-order valence-corrected chi connectivity index (χ0v) is 6.25. The van der Waals surface area contributed by atoms with Gasteiger partial charge in [0.1, 0.15) is 5.56 Å². The van der Waals surface area contributed by atoms with Crippen molar-refractivity contribution in [1.82, 2.24) is 0 Å². The third-order valence-corrected chi connectivity index (χ3v) is 1.81. The van der Waals surface area contributed by atoms with Crippen molar-refractivity contribution in [2.45, 2.75) is 0 Å². The minimum atomic E-state index is 1.07. The van der Waals surface area contributed by atoms with Gasteiger partial charge < -0.3 is 0 Å². The Labute approximate surface area is 66.5 Å². The monoisotopic (exact) mass is 141 g/mol. The maximum absolute atomic E-state index is 3.87. The van der Waals surface area contributed by atoms with Gasteiger partial charge in [-0.05, 0) is 6.07 Å². The van der Waals surface area contributed by atoms with Crippen LogP contribution in [0.3, 0.4) is 0 Å². The zero-order valence-electron chi connectivity index (χ0n) is 6.25. The molecule has 0 nitrogen and oxygen atoms in total. The second-order valence-electron chi connectivity index (χ2n) is 2.68. The highest BCUT2D eigenvalue weighted by Crippen LogP contribution is 2.14. The number of hydrogen-bond donors (Lipinski definition) is 0. The highest BCUT2D eigenvalue weighted by molar-refractivity contribution is 5.83. The first-order valence-corrected chi connectivity index (χ1v) is 3.67. The summed E-state index contributed by atoms with van der Waals surface area (Å²) in [6, 6.07) is 14.5. The van der Waals surface area contributed by atoms with Crippen LogP contribution in [-0.4, -0.2) is 0 Å². The van der Waals surface area contributed by atoms with Crippen molar-refractivity contribution in [1.29, 1.82) is 0 Å². The van der Waals surface area contributed by atoms with Gasteiger partial charge in [-0.3, -0.25) is 0 Å². The number of hydrogen-bond acceptors (Lipinski definition) is 0. The first-order chi connectivity index (χ1) is 5.36. The number of rotatable bonds is 0. The van der Waals surface area contributed by atoms with Crippen LogP contribution in [-0.2, 0) is 0 Å². The van der Waals surface area contributed by atoms with Gasteiger partial charge >= 0.3 is 0 Å². The van der Waals surface area contributed by atoms with E-state index in [-0.39, 0.29) is 0 Å². The Morgan fingerprint density at radius 1 is 0.818 bits per heavy atom. The van der Waals surface area contributed by atoms with Crippen LogP contribution in [0.1, 0.15) is 5.56 Å². The summed E-state index contributed by atoms with van der Waals surface area (Å²) >= 11 is 0. The Bertz CT molecular complexity index is 374. The Hall–Kier alpha value is -1.43. The van der Waals surface area contributed by atoms with Gasteiger partial charge in [0.25, 0.3) is 0 Å². The number of fused-ring (bicyclic) bond motifs is 1. The molecule has 0 unspecified atom stereocenters. The van der Waals surface area contributed by atoms with Crippen LogP contribution in [0.15, 0.2) is 42.5 Å². The molecule has 0 heterocycles. The molecule has 0 saturated carbocycles. The Morgan fingerprint density at radius 3 is 2.36 bits per heavy atom. The molecule has 0 spiro atoms. The maximum atomic E-state index is 3.87.